The van der Waals surface area contributed by atoms with Crippen molar-refractivity contribution in [3.8, 4) is 0 Å². The molecule has 3 aliphatic heterocycles. The first kappa shape index (κ1) is 17.8. The van der Waals surface area contributed by atoms with Gasteiger partial charge < -0.3 is 19.3 Å². The molecule has 0 aliphatic carbocycles. The van der Waals surface area contributed by atoms with Crippen LogP contribution in [0.1, 0.15) is 12.0 Å². The Morgan fingerprint density at radius 1 is 1.11 bits per heavy atom. The average Bonchev–Trinajstić information content (AvgIpc) is 3.24. The van der Waals surface area contributed by atoms with Crippen molar-refractivity contribution < 1.29 is 23.9 Å². The van der Waals surface area contributed by atoms with E-state index in [4.69, 9.17) is 9.47 Å². The lowest BCUT2D eigenvalue weighted by Gasteiger charge is -2.29. The Balaban J connectivity index is 1.45. The van der Waals surface area contributed by atoms with Crippen LogP contribution in [-0.2, 0) is 25.6 Å². The zero-order valence-electron chi connectivity index (χ0n) is 15.1. The van der Waals surface area contributed by atoms with Gasteiger partial charge in [-0.2, -0.15) is 0 Å². The number of benzene rings is 1. The molecule has 0 unspecified atom stereocenters. The highest BCUT2D eigenvalue weighted by molar-refractivity contribution is 5.83. The molecule has 3 heterocycles. The van der Waals surface area contributed by atoms with Crippen LogP contribution in [0.3, 0.4) is 0 Å². The van der Waals surface area contributed by atoms with Gasteiger partial charge in [-0.25, -0.2) is 4.79 Å². The van der Waals surface area contributed by atoms with Crippen LogP contribution in [0.15, 0.2) is 30.3 Å². The van der Waals surface area contributed by atoms with E-state index in [1.165, 1.54) is 4.90 Å². The van der Waals surface area contributed by atoms with Crippen molar-refractivity contribution in [3.63, 3.8) is 0 Å². The van der Waals surface area contributed by atoms with Crippen LogP contribution in [0.4, 0.5) is 4.79 Å². The molecular formula is C19H23N3O5. The molecule has 3 fully saturated rings. The smallest absolute Gasteiger partial charge is 0.410 e. The Bertz CT molecular complexity index is 725. The molecule has 0 saturated carbocycles. The van der Waals surface area contributed by atoms with Crippen molar-refractivity contribution in [2.24, 2.45) is 0 Å². The Morgan fingerprint density at radius 3 is 2.67 bits per heavy atom. The predicted octanol–water partition coefficient (Wildman–Crippen LogP) is 0.467. The van der Waals surface area contributed by atoms with Gasteiger partial charge in [-0.15, -0.1) is 0 Å². The summed E-state index contributed by atoms with van der Waals surface area (Å²) in [6.07, 6.45) is -0.295. The molecule has 8 heteroatoms. The summed E-state index contributed by atoms with van der Waals surface area (Å²) in [6.45, 7) is 2.48. The number of ether oxygens (including phenoxy) is 2. The minimum Gasteiger partial charge on any atom is -0.448 e. The quantitative estimate of drug-likeness (QED) is 0.767. The number of cyclic esters (lactones) is 1. The maximum Gasteiger partial charge on any atom is 0.410 e. The maximum atomic E-state index is 12.6. The van der Waals surface area contributed by atoms with Gasteiger partial charge in [0, 0.05) is 19.6 Å². The molecule has 0 N–H and O–H groups in total. The first-order valence-corrected chi connectivity index (χ1v) is 9.26. The zero-order valence-corrected chi connectivity index (χ0v) is 15.1. The molecule has 3 aliphatic rings. The predicted molar refractivity (Wildman–Crippen MR) is 94.6 cm³/mol. The van der Waals surface area contributed by atoms with E-state index in [9.17, 15) is 14.4 Å². The topological polar surface area (TPSA) is 79.4 Å². The molecule has 4 rings (SSSR count). The van der Waals surface area contributed by atoms with E-state index in [0.717, 1.165) is 5.56 Å². The van der Waals surface area contributed by atoms with E-state index in [-0.39, 0.29) is 30.5 Å². The van der Waals surface area contributed by atoms with Crippen molar-refractivity contribution in [2.75, 3.05) is 39.4 Å². The third kappa shape index (κ3) is 3.75. The van der Waals surface area contributed by atoms with Crippen molar-refractivity contribution in [3.05, 3.63) is 35.9 Å². The fourth-order valence-corrected chi connectivity index (χ4v) is 3.87. The van der Waals surface area contributed by atoms with E-state index >= 15 is 0 Å². The molecule has 144 valence electrons. The first-order chi connectivity index (χ1) is 13.1. The number of amides is 3. The molecule has 0 radical (unpaired) electrons. The van der Waals surface area contributed by atoms with Crippen LogP contribution in [0, 0.1) is 0 Å². The van der Waals surface area contributed by atoms with Crippen LogP contribution in [0.5, 0.6) is 0 Å². The number of hydrogen-bond donors (Lipinski definition) is 0. The van der Waals surface area contributed by atoms with E-state index in [0.29, 0.717) is 45.8 Å². The lowest BCUT2D eigenvalue weighted by molar-refractivity contribution is -0.135. The summed E-state index contributed by atoms with van der Waals surface area (Å²) in [5, 5.41) is 0. The van der Waals surface area contributed by atoms with Crippen molar-refractivity contribution in [1.82, 2.24) is 14.7 Å². The van der Waals surface area contributed by atoms with Gasteiger partial charge in [0.25, 0.3) is 0 Å². The summed E-state index contributed by atoms with van der Waals surface area (Å²) in [4.78, 5) is 41.8. The Kier molecular flexibility index (Phi) is 4.98. The number of carbonyl (C=O) groups is 3. The fraction of sp³-hybridized carbons (Fsp3) is 0.526. The van der Waals surface area contributed by atoms with E-state index in [1.54, 1.807) is 4.90 Å². The Labute approximate surface area is 157 Å². The molecule has 27 heavy (non-hydrogen) atoms. The molecule has 1 aromatic rings. The third-order valence-corrected chi connectivity index (χ3v) is 5.32. The molecule has 0 spiro atoms. The standard InChI is InChI=1S/C19H23N3O5/c23-17-6-8-26-16-12-21(18(24)13-20-7-9-27-19(20)25)11-15(16)22(17)10-14-4-2-1-3-5-14/h1-5,15-16H,6-13H2/t15-,16-/m0/s1. The van der Waals surface area contributed by atoms with Crippen LogP contribution in [0.2, 0.25) is 0 Å². The third-order valence-electron chi connectivity index (χ3n) is 5.32. The maximum absolute atomic E-state index is 12.6. The number of fused-ring (bicyclic) bond motifs is 1. The van der Waals surface area contributed by atoms with Gasteiger partial charge in [-0.1, -0.05) is 30.3 Å². The number of carbonyl (C=O) groups excluding carboxylic acids is 3. The van der Waals surface area contributed by atoms with Gasteiger partial charge in [0.1, 0.15) is 13.2 Å². The zero-order chi connectivity index (χ0) is 18.8. The Hall–Kier alpha value is -2.61. The van der Waals surface area contributed by atoms with Crippen LogP contribution < -0.4 is 0 Å². The molecule has 1 aromatic carbocycles. The number of likely N-dealkylation sites (tertiary alicyclic amines) is 1. The normalized spacial score (nSPS) is 25.4. The van der Waals surface area contributed by atoms with Crippen LogP contribution >= 0.6 is 0 Å². The second-order valence-electron chi connectivity index (χ2n) is 7.07. The van der Waals surface area contributed by atoms with Gasteiger partial charge in [-0.3, -0.25) is 14.5 Å². The number of nitrogens with zero attached hydrogens (tertiary/aromatic N) is 3. The molecule has 3 amide bonds. The molecule has 3 saturated heterocycles. The van der Waals surface area contributed by atoms with E-state index in [2.05, 4.69) is 0 Å². The van der Waals surface area contributed by atoms with Crippen LogP contribution in [-0.4, -0.2) is 84.1 Å². The lowest BCUT2D eigenvalue weighted by atomic mass is 10.1. The molecule has 0 bridgehead atoms. The second kappa shape index (κ2) is 7.56. The summed E-state index contributed by atoms with van der Waals surface area (Å²) >= 11 is 0. The summed E-state index contributed by atoms with van der Waals surface area (Å²) in [5.74, 6) is -0.0959. The largest absolute Gasteiger partial charge is 0.448 e. The Morgan fingerprint density at radius 2 is 1.93 bits per heavy atom. The average molecular weight is 373 g/mol. The lowest BCUT2D eigenvalue weighted by Crippen LogP contribution is -2.45. The van der Waals surface area contributed by atoms with Gasteiger partial charge in [0.15, 0.2) is 0 Å². The van der Waals surface area contributed by atoms with Crippen molar-refractivity contribution >= 4 is 17.9 Å². The van der Waals surface area contributed by atoms with Gasteiger partial charge in [-0.05, 0) is 5.56 Å². The summed E-state index contributed by atoms with van der Waals surface area (Å²) in [6, 6.07) is 9.65. The summed E-state index contributed by atoms with van der Waals surface area (Å²) in [7, 11) is 0. The van der Waals surface area contributed by atoms with E-state index < -0.39 is 6.09 Å². The SMILES string of the molecule is O=C(CN1CCOC1=O)N1C[C@@H]2OCCC(=O)N(Cc3ccccc3)[C@H]2C1. The highest BCUT2D eigenvalue weighted by Crippen LogP contribution is 2.25. The molecule has 0 aromatic heterocycles. The monoisotopic (exact) mass is 373 g/mol. The van der Waals surface area contributed by atoms with E-state index in [1.807, 2.05) is 35.2 Å². The highest BCUT2D eigenvalue weighted by atomic mass is 16.6. The van der Waals surface area contributed by atoms with Gasteiger partial charge >= 0.3 is 6.09 Å². The first-order valence-electron chi connectivity index (χ1n) is 9.26. The minimum atomic E-state index is -0.450. The van der Waals surface area contributed by atoms with Crippen molar-refractivity contribution in [1.29, 1.82) is 0 Å². The summed E-state index contributed by atoms with van der Waals surface area (Å²) < 4.78 is 10.8. The second-order valence-corrected chi connectivity index (χ2v) is 7.07. The number of hydrogen-bond acceptors (Lipinski definition) is 5. The fourth-order valence-electron chi connectivity index (χ4n) is 3.87. The molecule has 2 atom stereocenters. The van der Waals surface area contributed by atoms with Crippen LogP contribution in [0.25, 0.3) is 0 Å². The minimum absolute atomic E-state index is 0.00487. The summed E-state index contributed by atoms with van der Waals surface area (Å²) in [5.41, 5.74) is 1.05. The van der Waals surface area contributed by atoms with Crippen molar-refractivity contribution in [2.45, 2.75) is 25.1 Å². The highest BCUT2D eigenvalue weighted by Gasteiger charge is 2.43. The van der Waals surface area contributed by atoms with Gasteiger partial charge in [0.2, 0.25) is 11.8 Å². The number of rotatable bonds is 4. The molecule has 8 nitrogen and oxygen atoms in total. The molecular weight excluding hydrogens is 350 g/mol. The van der Waals surface area contributed by atoms with Gasteiger partial charge in [0.05, 0.1) is 31.7 Å².